The fourth-order valence-corrected chi connectivity index (χ4v) is 2.66. The first-order valence-electron chi connectivity index (χ1n) is 6.15. The minimum atomic E-state index is 0.0272. The molecule has 2 N–H and O–H groups in total. The van der Waals surface area contributed by atoms with Crippen molar-refractivity contribution in [3.8, 4) is 0 Å². The summed E-state index contributed by atoms with van der Waals surface area (Å²) in [6.45, 7) is 11.1. The first kappa shape index (κ1) is 11.7. The predicted octanol–water partition coefficient (Wildman–Crippen LogP) is 3.38. The van der Waals surface area contributed by atoms with Gasteiger partial charge in [0.2, 0.25) is 0 Å². The van der Waals surface area contributed by atoms with Gasteiger partial charge in [0.25, 0.3) is 0 Å². The largest absolute Gasteiger partial charge is 0.324 e. The summed E-state index contributed by atoms with van der Waals surface area (Å²) in [5.74, 6) is 0. The molecule has 0 bridgehead atoms. The number of rotatable bonds is 2. The molecule has 1 aromatic carbocycles. The average molecular weight is 217 g/mol. The molecule has 0 unspecified atom stereocenters. The molecule has 0 aromatic heterocycles. The second kappa shape index (κ2) is 3.33. The molecule has 1 heteroatoms. The monoisotopic (exact) mass is 217 g/mol. The quantitative estimate of drug-likeness (QED) is 0.807. The van der Waals surface area contributed by atoms with Crippen LogP contribution in [0.3, 0.4) is 0 Å². The van der Waals surface area contributed by atoms with Crippen molar-refractivity contribution in [3.63, 3.8) is 0 Å². The standard InChI is InChI=1S/C15H23N/c1-10-8-12(3)13(9-11(10)2)14(4,5)15(16)6-7-15/h8-9H,6-7,16H2,1-5H3. The van der Waals surface area contributed by atoms with Gasteiger partial charge in [-0.05, 0) is 55.9 Å². The molecule has 1 saturated carbocycles. The maximum Gasteiger partial charge on any atom is 0.0248 e. The van der Waals surface area contributed by atoms with Gasteiger partial charge in [0.05, 0.1) is 0 Å². The molecule has 1 aromatic rings. The van der Waals surface area contributed by atoms with Crippen LogP contribution in [0.5, 0.6) is 0 Å². The maximum atomic E-state index is 6.41. The van der Waals surface area contributed by atoms with Crippen molar-refractivity contribution in [2.75, 3.05) is 0 Å². The van der Waals surface area contributed by atoms with Crippen LogP contribution in [0.1, 0.15) is 48.9 Å². The second-order valence-electron chi connectivity index (χ2n) is 6.03. The fraction of sp³-hybridized carbons (Fsp3) is 0.600. The summed E-state index contributed by atoms with van der Waals surface area (Å²) in [5.41, 5.74) is 12.1. The van der Waals surface area contributed by atoms with Crippen LogP contribution in [0.15, 0.2) is 12.1 Å². The van der Waals surface area contributed by atoms with Crippen LogP contribution >= 0.6 is 0 Å². The summed E-state index contributed by atoms with van der Waals surface area (Å²) in [7, 11) is 0. The molecule has 1 aliphatic rings. The molecule has 0 spiro atoms. The Morgan fingerprint density at radius 3 is 2.00 bits per heavy atom. The Morgan fingerprint density at radius 2 is 1.50 bits per heavy atom. The maximum absolute atomic E-state index is 6.41. The van der Waals surface area contributed by atoms with Crippen LogP contribution in [0.25, 0.3) is 0 Å². The number of aryl methyl sites for hydroxylation is 3. The Labute approximate surface area is 99.0 Å². The van der Waals surface area contributed by atoms with Crippen LogP contribution in [-0.4, -0.2) is 5.54 Å². The van der Waals surface area contributed by atoms with Crippen LogP contribution < -0.4 is 5.73 Å². The number of benzene rings is 1. The fourth-order valence-electron chi connectivity index (χ4n) is 2.66. The zero-order chi connectivity index (χ0) is 12.1. The van der Waals surface area contributed by atoms with Crippen LogP contribution in [0, 0.1) is 20.8 Å². The Bertz CT molecular complexity index is 425. The van der Waals surface area contributed by atoms with Crippen molar-refractivity contribution < 1.29 is 0 Å². The highest BCUT2D eigenvalue weighted by Crippen LogP contribution is 2.50. The molecular formula is C15H23N. The minimum Gasteiger partial charge on any atom is -0.324 e. The second-order valence-corrected chi connectivity index (χ2v) is 6.03. The molecule has 0 heterocycles. The molecule has 0 radical (unpaired) electrons. The van der Waals surface area contributed by atoms with E-state index in [2.05, 4.69) is 46.8 Å². The van der Waals surface area contributed by atoms with Crippen molar-refractivity contribution in [1.82, 2.24) is 0 Å². The molecule has 0 saturated heterocycles. The molecular weight excluding hydrogens is 194 g/mol. The third-order valence-electron chi connectivity index (χ3n) is 4.55. The lowest BCUT2D eigenvalue weighted by Crippen LogP contribution is -2.43. The molecule has 0 atom stereocenters. The zero-order valence-electron chi connectivity index (χ0n) is 11.1. The van der Waals surface area contributed by atoms with E-state index in [0.29, 0.717) is 0 Å². The van der Waals surface area contributed by atoms with Gasteiger partial charge in [0.1, 0.15) is 0 Å². The van der Waals surface area contributed by atoms with E-state index in [4.69, 9.17) is 5.73 Å². The van der Waals surface area contributed by atoms with E-state index >= 15 is 0 Å². The minimum absolute atomic E-state index is 0.0272. The SMILES string of the molecule is Cc1cc(C)c(C(C)(C)C2(N)CC2)cc1C. The van der Waals surface area contributed by atoms with E-state index in [-0.39, 0.29) is 11.0 Å². The zero-order valence-corrected chi connectivity index (χ0v) is 11.1. The lowest BCUT2D eigenvalue weighted by molar-refractivity contribution is 0.389. The lowest BCUT2D eigenvalue weighted by Gasteiger charge is -2.34. The van der Waals surface area contributed by atoms with Gasteiger partial charge >= 0.3 is 0 Å². The van der Waals surface area contributed by atoms with Crippen molar-refractivity contribution >= 4 is 0 Å². The van der Waals surface area contributed by atoms with Gasteiger partial charge in [0, 0.05) is 11.0 Å². The number of hydrogen-bond donors (Lipinski definition) is 1. The van der Waals surface area contributed by atoms with E-state index in [1.807, 2.05) is 0 Å². The molecule has 16 heavy (non-hydrogen) atoms. The Hall–Kier alpha value is -0.820. The summed E-state index contributed by atoms with van der Waals surface area (Å²) in [6.07, 6.45) is 2.32. The average Bonchev–Trinajstić information content (AvgIpc) is 2.91. The third kappa shape index (κ3) is 1.58. The normalized spacial score (nSPS) is 18.6. The van der Waals surface area contributed by atoms with E-state index in [1.165, 1.54) is 22.3 Å². The Balaban J connectivity index is 2.52. The van der Waals surface area contributed by atoms with Crippen LogP contribution in [0.2, 0.25) is 0 Å². The first-order chi connectivity index (χ1) is 7.28. The summed E-state index contributed by atoms with van der Waals surface area (Å²) in [4.78, 5) is 0. The van der Waals surface area contributed by atoms with Gasteiger partial charge in [-0.1, -0.05) is 26.0 Å². The first-order valence-corrected chi connectivity index (χ1v) is 6.15. The Morgan fingerprint density at radius 1 is 1.00 bits per heavy atom. The van der Waals surface area contributed by atoms with Crippen molar-refractivity contribution in [2.45, 2.75) is 58.4 Å². The van der Waals surface area contributed by atoms with Crippen molar-refractivity contribution in [2.24, 2.45) is 5.73 Å². The number of nitrogens with two attached hydrogens (primary N) is 1. The molecule has 0 amide bonds. The van der Waals surface area contributed by atoms with Gasteiger partial charge in [-0.2, -0.15) is 0 Å². The summed E-state index contributed by atoms with van der Waals surface area (Å²) < 4.78 is 0. The smallest absolute Gasteiger partial charge is 0.0248 e. The third-order valence-corrected chi connectivity index (χ3v) is 4.55. The molecule has 88 valence electrons. The molecule has 1 nitrogen and oxygen atoms in total. The summed E-state index contributed by atoms with van der Waals surface area (Å²) >= 11 is 0. The van der Waals surface area contributed by atoms with E-state index in [0.717, 1.165) is 12.8 Å². The lowest BCUT2D eigenvalue weighted by atomic mass is 9.73. The van der Waals surface area contributed by atoms with E-state index in [9.17, 15) is 0 Å². The molecule has 1 fully saturated rings. The number of hydrogen-bond acceptors (Lipinski definition) is 1. The molecule has 1 aliphatic carbocycles. The van der Waals surface area contributed by atoms with Crippen LogP contribution in [0.4, 0.5) is 0 Å². The topological polar surface area (TPSA) is 26.0 Å². The van der Waals surface area contributed by atoms with Gasteiger partial charge in [-0.25, -0.2) is 0 Å². The van der Waals surface area contributed by atoms with Crippen molar-refractivity contribution in [3.05, 3.63) is 34.4 Å². The summed E-state index contributed by atoms with van der Waals surface area (Å²) in [5, 5.41) is 0. The highest BCUT2D eigenvalue weighted by Gasteiger charge is 2.52. The highest BCUT2D eigenvalue weighted by atomic mass is 14.9. The summed E-state index contributed by atoms with van der Waals surface area (Å²) in [6, 6.07) is 4.62. The van der Waals surface area contributed by atoms with Gasteiger partial charge in [-0.3, -0.25) is 0 Å². The van der Waals surface area contributed by atoms with Crippen molar-refractivity contribution in [1.29, 1.82) is 0 Å². The van der Waals surface area contributed by atoms with Crippen LogP contribution in [-0.2, 0) is 5.41 Å². The molecule has 0 aliphatic heterocycles. The van der Waals surface area contributed by atoms with Gasteiger partial charge in [0.15, 0.2) is 0 Å². The van der Waals surface area contributed by atoms with Gasteiger partial charge in [-0.15, -0.1) is 0 Å². The van der Waals surface area contributed by atoms with Gasteiger partial charge < -0.3 is 5.73 Å². The predicted molar refractivity (Wildman–Crippen MR) is 69.8 cm³/mol. The Kier molecular flexibility index (Phi) is 2.43. The van der Waals surface area contributed by atoms with E-state index < -0.39 is 0 Å². The van der Waals surface area contributed by atoms with E-state index in [1.54, 1.807) is 0 Å². The molecule has 2 rings (SSSR count). The highest BCUT2D eigenvalue weighted by molar-refractivity contribution is 5.43.